The molecular formula is C8H6IN3O2. The molecule has 0 aromatic carbocycles. The predicted molar refractivity (Wildman–Crippen MR) is 57.4 cm³/mol. The van der Waals surface area contributed by atoms with Gasteiger partial charge in [-0.3, -0.25) is 0 Å². The van der Waals surface area contributed by atoms with Crippen molar-refractivity contribution in [2.75, 3.05) is 0 Å². The van der Waals surface area contributed by atoms with Crippen molar-refractivity contribution in [1.82, 2.24) is 14.6 Å². The van der Waals surface area contributed by atoms with Gasteiger partial charge < -0.3 is 5.11 Å². The molecule has 0 aliphatic carbocycles. The highest BCUT2D eigenvalue weighted by Gasteiger charge is 2.15. The molecule has 0 atom stereocenters. The normalized spacial score (nSPS) is 10.7. The molecule has 5 nitrogen and oxygen atoms in total. The van der Waals surface area contributed by atoms with Gasteiger partial charge in [-0.25, -0.2) is 14.3 Å². The van der Waals surface area contributed by atoms with E-state index in [4.69, 9.17) is 5.11 Å². The van der Waals surface area contributed by atoms with Crippen molar-refractivity contribution in [3.05, 3.63) is 27.2 Å². The van der Waals surface area contributed by atoms with Gasteiger partial charge in [-0.05, 0) is 41.6 Å². The van der Waals surface area contributed by atoms with Gasteiger partial charge in [0.25, 0.3) is 0 Å². The van der Waals surface area contributed by atoms with Gasteiger partial charge in [0.1, 0.15) is 3.70 Å². The molecule has 0 saturated carbocycles. The number of hydrogen-bond donors (Lipinski definition) is 1. The van der Waals surface area contributed by atoms with E-state index in [0.29, 0.717) is 11.3 Å². The van der Waals surface area contributed by atoms with Gasteiger partial charge in [0.2, 0.25) is 0 Å². The Bertz CT molecular complexity index is 521. The highest BCUT2D eigenvalue weighted by molar-refractivity contribution is 14.1. The maximum absolute atomic E-state index is 10.8. The first kappa shape index (κ1) is 9.38. The fourth-order valence-corrected chi connectivity index (χ4v) is 1.62. The third kappa shape index (κ3) is 1.35. The van der Waals surface area contributed by atoms with E-state index in [1.54, 1.807) is 19.1 Å². The number of fused-ring (bicyclic) bond motifs is 1. The van der Waals surface area contributed by atoms with Crippen molar-refractivity contribution in [1.29, 1.82) is 0 Å². The number of carboxylic acids is 1. The average Bonchev–Trinajstić information content (AvgIpc) is 2.44. The molecule has 2 aromatic rings. The van der Waals surface area contributed by atoms with Crippen molar-refractivity contribution >= 4 is 34.2 Å². The van der Waals surface area contributed by atoms with Crippen molar-refractivity contribution in [3.8, 4) is 0 Å². The second kappa shape index (κ2) is 3.19. The van der Waals surface area contributed by atoms with Crippen LogP contribution in [0.25, 0.3) is 5.65 Å². The Kier molecular flexibility index (Phi) is 2.14. The molecule has 0 fully saturated rings. The lowest BCUT2D eigenvalue weighted by atomic mass is 10.3. The number of carbonyl (C=O) groups is 1. The average molecular weight is 303 g/mol. The molecule has 0 aliphatic rings. The summed E-state index contributed by atoms with van der Waals surface area (Å²) in [6.45, 7) is 1.69. The molecule has 14 heavy (non-hydrogen) atoms. The van der Waals surface area contributed by atoms with Crippen LogP contribution in [0.4, 0.5) is 0 Å². The lowest BCUT2D eigenvalue weighted by Gasteiger charge is -1.94. The highest BCUT2D eigenvalue weighted by Crippen LogP contribution is 2.11. The Hall–Kier alpha value is -1.18. The summed E-state index contributed by atoms with van der Waals surface area (Å²) in [4.78, 5) is 14.7. The smallest absolute Gasteiger partial charge is 0.356 e. The van der Waals surface area contributed by atoms with Crippen molar-refractivity contribution in [2.24, 2.45) is 0 Å². The van der Waals surface area contributed by atoms with Crippen LogP contribution in [0.1, 0.15) is 16.2 Å². The summed E-state index contributed by atoms with van der Waals surface area (Å²) < 4.78 is 2.33. The molecule has 2 rings (SSSR count). The van der Waals surface area contributed by atoms with Crippen LogP contribution in [0.2, 0.25) is 0 Å². The molecule has 0 spiro atoms. The van der Waals surface area contributed by atoms with Crippen molar-refractivity contribution in [3.63, 3.8) is 0 Å². The monoisotopic (exact) mass is 303 g/mol. The van der Waals surface area contributed by atoms with Crippen LogP contribution in [0.15, 0.2) is 12.1 Å². The summed E-state index contributed by atoms with van der Waals surface area (Å²) in [5, 5.41) is 13.0. The molecule has 0 amide bonds. The topological polar surface area (TPSA) is 67.5 Å². The van der Waals surface area contributed by atoms with E-state index in [0.717, 1.165) is 3.70 Å². The van der Waals surface area contributed by atoms with E-state index in [2.05, 4.69) is 32.7 Å². The maximum atomic E-state index is 10.8. The van der Waals surface area contributed by atoms with Gasteiger partial charge in [0.05, 0.1) is 5.69 Å². The minimum atomic E-state index is -1.02. The number of nitrogens with zero attached hydrogens (tertiary/aromatic N) is 3. The summed E-state index contributed by atoms with van der Waals surface area (Å²) in [7, 11) is 0. The molecule has 6 heteroatoms. The van der Waals surface area contributed by atoms with Gasteiger partial charge in [0.15, 0.2) is 11.3 Å². The van der Waals surface area contributed by atoms with Crippen molar-refractivity contribution < 1.29 is 9.90 Å². The minimum absolute atomic E-state index is 0.0551. The number of hydrogen-bond acceptors (Lipinski definition) is 3. The van der Waals surface area contributed by atoms with Crippen LogP contribution in [0.5, 0.6) is 0 Å². The van der Waals surface area contributed by atoms with Crippen LogP contribution in [-0.2, 0) is 0 Å². The summed E-state index contributed by atoms with van der Waals surface area (Å²) in [6, 6.07) is 3.53. The number of aryl methyl sites for hydroxylation is 1. The van der Waals surface area contributed by atoms with E-state index >= 15 is 0 Å². The quantitative estimate of drug-likeness (QED) is 0.807. The lowest BCUT2D eigenvalue weighted by Crippen LogP contribution is -2.01. The molecule has 0 unspecified atom stereocenters. The minimum Gasteiger partial charge on any atom is -0.476 e. The largest absolute Gasteiger partial charge is 0.476 e. The third-order valence-electron chi connectivity index (χ3n) is 1.87. The van der Waals surface area contributed by atoms with Gasteiger partial charge in [-0.2, -0.15) is 5.10 Å². The highest BCUT2D eigenvalue weighted by atomic mass is 127. The second-order valence-electron chi connectivity index (χ2n) is 2.78. The van der Waals surface area contributed by atoms with E-state index in [1.807, 2.05) is 0 Å². The van der Waals surface area contributed by atoms with Crippen LogP contribution in [-0.4, -0.2) is 25.7 Å². The van der Waals surface area contributed by atoms with Gasteiger partial charge >= 0.3 is 5.97 Å². The molecule has 1 N–H and O–H groups in total. The zero-order valence-corrected chi connectivity index (χ0v) is 9.39. The summed E-state index contributed by atoms with van der Waals surface area (Å²) in [5.74, 6) is -1.02. The van der Waals surface area contributed by atoms with Crippen LogP contribution < -0.4 is 0 Å². The first-order valence-electron chi connectivity index (χ1n) is 3.85. The Morgan fingerprint density at radius 3 is 2.93 bits per heavy atom. The predicted octanol–water partition coefficient (Wildman–Crippen LogP) is 1.34. The first-order valence-corrected chi connectivity index (χ1v) is 4.92. The number of aromatic nitrogens is 3. The second-order valence-corrected chi connectivity index (χ2v) is 3.88. The van der Waals surface area contributed by atoms with Gasteiger partial charge in [0, 0.05) is 0 Å². The third-order valence-corrected chi connectivity index (χ3v) is 2.45. The van der Waals surface area contributed by atoms with E-state index in [1.165, 1.54) is 4.52 Å². The number of imidazole rings is 1. The summed E-state index contributed by atoms with van der Waals surface area (Å²) in [5.41, 5.74) is 1.16. The maximum Gasteiger partial charge on any atom is 0.356 e. The van der Waals surface area contributed by atoms with E-state index < -0.39 is 5.97 Å². The SMILES string of the molecule is Cc1c(C(=O)O)nc2ccc(I)nn12. The Morgan fingerprint density at radius 1 is 1.57 bits per heavy atom. The zero-order chi connectivity index (χ0) is 10.3. The van der Waals surface area contributed by atoms with E-state index in [9.17, 15) is 4.79 Å². The van der Waals surface area contributed by atoms with Gasteiger partial charge in [-0.15, -0.1) is 0 Å². The molecule has 0 saturated heterocycles. The number of aromatic carboxylic acids is 1. The molecule has 2 heterocycles. The molecule has 2 aromatic heterocycles. The molecule has 72 valence electrons. The Morgan fingerprint density at radius 2 is 2.29 bits per heavy atom. The van der Waals surface area contributed by atoms with Crippen molar-refractivity contribution in [2.45, 2.75) is 6.92 Å². The molecular weight excluding hydrogens is 297 g/mol. The first-order chi connectivity index (χ1) is 6.59. The summed E-state index contributed by atoms with van der Waals surface area (Å²) >= 11 is 2.06. The van der Waals surface area contributed by atoms with Gasteiger partial charge in [-0.1, -0.05) is 0 Å². The fourth-order valence-electron chi connectivity index (χ4n) is 1.22. The summed E-state index contributed by atoms with van der Waals surface area (Å²) in [6.07, 6.45) is 0. The number of carboxylic acid groups (broad SMARTS) is 1. The molecule has 0 radical (unpaired) electrons. The van der Waals surface area contributed by atoms with Crippen LogP contribution in [0.3, 0.4) is 0 Å². The molecule has 0 bridgehead atoms. The Balaban J connectivity index is 2.80. The number of halogens is 1. The molecule has 0 aliphatic heterocycles. The van der Waals surface area contributed by atoms with E-state index in [-0.39, 0.29) is 5.69 Å². The zero-order valence-electron chi connectivity index (χ0n) is 7.23. The van der Waals surface area contributed by atoms with Crippen LogP contribution >= 0.6 is 22.6 Å². The number of rotatable bonds is 1. The van der Waals surface area contributed by atoms with Crippen LogP contribution in [0, 0.1) is 10.6 Å². The Labute approximate surface area is 92.9 Å². The lowest BCUT2D eigenvalue weighted by molar-refractivity contribution is 0.0690. The fraction of sp³-hybridized carbons (Fsp3) is 0.125. The standard InChI is InChI=1S/C8H6IN3O2/c1-4-7(8(13)14)10-6-3-2-5(9)11-12(4)6/h2-3H,1H3,(H,13,14).